The number of rotatable bonds is 5. The van der Waals surface area contributed by atoms with Crippen molar-refractivity contribution in [1.29, 1.82) is 0 Å². The number of hydrogen-bond donors (Lipinski definition) is 3. The molecule has 2 rings (SSSR count). The van der Waals surface area contributed by atoms with Crippen molar-refractivity contribution in [1.82, 2.24) is 10.6 Å². The van der Waals surface area contributed by atoms with E-state index < -0.39 is 5.60 Å². The van der Waals surface area contributed by atoms with Gasteiger partial charge in [0.1, 0.15) is 0 Å². The van der Waals surface area contributed by atoms with Gasteiger partial charge >= 0.3 is 0 Å². The van der Waals surface area contributed by atoms with Crippen LogP contribution in [0.3, 0.4) is 0 Å². The largest absolute Gasteiger partial charge is 0.388 e. The highest BCUT2D eigenvalue weighted by Gasteiger charge is 2.34. The van der Waals surface area contributed by atoms with Gasteiger partial charge in [0, 0.05) is 13.1 Å². The topological polar surface area (TPSA) is 56.7 Å². The van der Waals surface area contributed by atoms with E-state index in [9.17, 15) is 5.11 Å². The minimum Gasteiger partial charge on any atom is -0.388 e. The van der Waals surface area contributed by atoms with Crippen LogP contribution >= 0.6 is 11.3 Å². The quantitative estimate of drug-likeness (QED) is 0.562. The molecule has 0 bridgehead atoms. The average Bonchev–Trinajstić information content (AvgIpc) is 2.83. The smallest absolute Gasteiger partial charge is 0.191 e. The second-order valence-corrected chi connectivity index (χ2v) is 5.54. The van der Waals surface area contributed by atoms with Gasteiger partial charge in [-0.2, -0.15) is 11.3 Å². The summed E-state index contributed by atoms with van der Waals surface area (Å²) in [7, 11) is 0. The van der Waals surface area contributed by atoms with Crippen LogP contribution in [0.5, 0.6) is 0 Å². The third-order valence-electron chi connectivity index (χ3n) is 3.21. The maximum Gasteiger partial charge on any atom is 0.191 e. The molecule has 0 spiro atoms. The molecule has 1 aliphatic carbocycles. The van der Waals surface area contributed by atoms with Crippen molar-refractivity contribution in [2.24, 2.45) is 4.99 Å². The Balaban J connectivity index is 1.84. The van der Waals surface area contributed by atoms with Gasteiger partial charge in [-0.15, -0.1) is 0 Å². The lowest BCUT2D eigenvalue weighted by atomic mass is 9.80. The summed E-state index contributed by atoms with van der Waals surface area (Å²) in [6, 6.07) is 2.08. The number of aliphatic hydroxyl groups is 1. The fraction of sp³-hybridized carbons (Fsp3) is 0.615. The molecule has 0 radical (unpaired) electrons. The molecule has 0 aromatic carbocycles. The zero-order valence-corrected chi connectivity index (χ0v) is 11.6. The van der Waals surface area contributed by atoms with E-state index in [0.29, 0.717) is 13.1 Å². The molecule has 3 N–H and O–H groups in total. The zero-order valence-electron chi connectivity index (χ0n) is 10.8. The lowest BCUT2D eigenvalue weighted by Crippen LogP contribution is -2.50. The zero-order chi connectivity index (χ0) is 12.8. The standard InChI is InChI=1S/C13H21N3OS/c1-2-14-12(15-8-11-4-7-18-9-11)16-10-13(17)5-3-6-13/h4,7,9,17H,2-3,5-6,8,10H2,1H3,(H2,14,15,16). The highest BCUT2D eigenvalue weighted by atomic mass is 32.1. The van der Waals surface area contributed by atoms with E-state index in [1.807, 2.05) is 6.92 Å². The van der Waals surface area contributed by atoms with Crippen LogP contribution in [-0.2, 0) is 6.54 Å². The second-order valence-electron chi connectivity index (χ2n) is 4.76. The van der Waals surface area contributed by atoms with Crippen LogP contribution in [0, 0.1) is 0 Å². The normalized spacial score (nSPS) is 18.2. The molecular formula is C13H21N3OS. The molecule has 1 saturated carbocycles. The molecule has 4 nitrogen and oxygen atoms in total. The van der Waals surface area contributed by atoms with Gasteiger partial charge in [-0.3, -0.25) is 0 Å². The number of guanidine groups is 1. The number of hydrogen-bond acceptors (Lipinski definition) is 3. The predicted molar refractivity (Wildman–Crippen MR) is 75.9 cm³/mol. The summed E-state index contributed by atoms with van der Waals surface area (Å²) in [5.41, 5.74) is 0.707. The van der Waals surface area contributed by atoms with E-state index >= 15 is 0 Å². The average molecular weight is 267 g/mol. The van der Waals surface area contributed by atoms with Gasteiger partial charge in [0.2, 0.25) is 0 Å². The van der Waals surface area contributed by atoms with E-state index in [2.05, 4.69) is 32.5 Å². The Bertz CT molecular complexity index is 385. The van der Waals surface area contributed by atoms with Crippen molar-refractivity contribution in [3.05, 3.63) is 22.4 Å². The Hall–Kier alpha value is -1.07. The van der Waals surface area contributed by atoms with Crippen molar-refractivity contribution in [3.8, 4) is 0 Å². The molecule has 18 heavy (non-hydrogen) atoms. The molecule has 0 atom stereocenters. The fourth-order valence-corrected chi connectivity index (χ4v) is 2.56. The van der Waals surface area contributed by atoms with E-state index in [1.54, 1.807) is 11.3 Å². The molecule has 0 aliphatic heterocycles. The Morgan fingerprint density at radius 3 is 2.89 bits per heavy atom. The third kappa shape index (κ3) is 3.71. The van der Waals surface area contributed by atoms with Gasteiger partial charge in [0.05, 0.1) is 12.1 Å². The van der Waals surface area contributed by atoms with Crippen molar-refractivity contribution in [3.63, 3.8) is 0 Å². The molecule has 1 fully saturated rings. The number of nitrogens with one attached hydrogen (secondary N) is 2. The Kier molecular flexibility index (Phi) is 4.60. The lowest BCUT2D eigenvalue weighted by Gasteiger charge is -2.36. The lowest BCUT2D eigenvalue weighted by molar-refractivity contribution is -0.0279. The monoisotopic (exact) mass is 267 g/mol. The first-order valence-corrected chi connectivity index (χ1v) is 7.42. The van der Waals surface area contributed by atoms with E-state index in [-0.39, 0.29) is 0 Å². The molecule has 0 saturated heterocycles. The molecular weight excluding hydrogens is 246 g/mol. The van der Waals surface area contributed by atoms with Gasteiger partial charge < -0.3 is 15.7 Å². The van der Waals surface area contributed by atoms with Crippen LogP contribution in [0.15, 0.2) is 21.8 Å². The number of nitrogens with zero attached hydrogens (tertiary/aromatic N) is 1. The van der Waals surface area contributed by atoms with Gasteiger partial charge in [0.25, 0.3) is 0 Å². The van der Waals surface area contributed by atoms with E-state index in [0.717, 1.165) is 31.8 Å². The molecule has 1 aromatic rings. The van der Waals surface area contributed by atoms with Crippen LogP contribution in [0.2, 0.25) is 0 Å². The van der Waals surface area contributed by atoms with Crippen molar-refractivity contribution in [2.75, 3.05) is 13.1 Å². The van der Waals surface area contributed by atoms with E-state index in [1.165, 1.54) is 5.56 Å². The highest BCUT2D eigenvalue weighted by Crippen LogP contribution is 2.30. The van der Waals surface area contributed by atoms with E-state index in [4.69, 9.17) is 0 Å². The summed E-state index contributed by atoms with van der Waals surface area (Å²) in [6.07, 6.45) is 2.91. The minimum absolute atomic E-state index is 0.515. The predicted octanol–water partition coefficient (Wildman–Crippen LogP) is 1.72. The maximum atomic E-state index is 10.0. The Labute approximate surface area is 112 Å². The van der Waals surface area contributed by atoms with Gasteiger partial charge in [-0.05, 0) is 48.6 Å². The van der Waals surface area contributed by atoms with Gasteiger partial charge in [0.15, 0.2) is 5.96 Å². The molecule has 5 heteroatoms. The Morgan fingerprint density at radius 2 is 2.33 bits per heavy atom. The van der Waals surface area contributed by atoms with Crippen LogP contribution in [-0.4, -0.2) is 29.8 Å². The van der Waals surface area contributed by atoms with Crippen LogP contribution in [0.25, 0.3) is 0 Å². The molecule has 1 aromatic heterocycles. The van der Waals surface area contributed by atoms with Crippen LogP contribution in [0.1, 0.15) is 31.7 Å². The number of thiophene rings is 1. The van der Waals surface area contributed by atoms with Crippen molar-refractivity contribution in [2.45, 2.75) is 38.3 Å². The molecule has 0 unspecified atom stereocenters. The first-order valence-electron chi connectivity index (χ1n) is 6.47. The summed E-state index contributed by atoms with van der Waals surface area (Å²) in [4.78, 5) is 4.51. The summed E-state index contributed by atoms with van der Waals surface area (Å²) < 4.78 is 0. The SMILES string of the molecule is CCNC(=NCc1ccsc1)NCC1(O)CCC1. The van der Waals surface area contributed by atoms with Crippen LogP contribution < -0.4 is 10.6 Å². The van der Waals surface area contributed by atoms with Gasteiger partial charge in [-0.25, -0.2) is 4.99 Å². The first kappa shape index (κ1) is 13.4. The molecule has 1 aliphatic rings. The summed E-state index contributed by atoms with van der Waals surface area (Å²) >= 11 is 1.68. The van der Waals surface area contributed by atoms with Crippen LogP contribution in [0.4, 0.5) is 0 Å². The molecule has 100 valence electrons. The minimum atomic E-state index is -0.515. The summed E-state index contributed by atoms with van der Waals surface area (Å²) in [6.45, 7) is 4.13. The third-order valence-corrected chi connectivity index (χ3v) is 3.95. The fourth-order valence-electron chi connectivity index (χ4n) is 1.90. The summed E-state index contributed by atoms with van der Waals surface area (Å²) in [5.74, 6) is 0.782. The summed E-state index contributed by atoms with van der Waals surface area (Å²) in [5, 5.41) is 20.6. The second kappa shape index (κ2) is 6.20. The molecule has 1 heterocycles. The number of aliphatic imine (C=N–C) groups is 1. The maximum absolute atomic E-state index is 10.0. The van der Waals surface area contributed by atoms with Crippen molar-refractivity contribution >= 4 is 17.3 Å². The van der Waals surface area contributed by atoms with Crippen molar-refractivity contribution < 1.29 is 5.11 Å². The van der Waals surface area contributed by atoms with Gasteiger partial charge in [-0.1, -0.05) is 0 Å². The first-order chi connectivity index (χ1) is 8.72. The highest BCUT2D eigenvalue weighted by molar-refractivity contribution is 7.07. The molecule has 0 amide bonds. The Morgan fingerprint density at radius 1 is 1.50 bits per heavy atom.